The molecule has 6 heteroatoms. The Labute approximate surface area is 153 Å². The van der Waals surface area contributed by atoms with Crippen molar-refractivity contribution >= 4 is 17.5 Å². The number of hydrogen-bond donors (Lipinski definition) is 1. The lowest BCUT2D eigenvalue weighted by Crippen LogP contribution is -2.39. The number of ether oxygens (including phenoxy) is 1. The van der Waals surface area contributed by atoms with Crippen LogP contribution in [0.4, 0.5) is 5.69 Å². The molecule has 2 aromatic rings. The molecule has 0 spiro atoms. The van der Waals surface area contributed by atoms with E-state index in [4.69, 9.17) is 10.00 Å². The van der Waals surface area contributed by atoms with Crippen LogP contribution in [0.3, 0.4) is 0 Å². The van der Waals surface area contributed by atoms with Gasteiger partial charge in [0.2, 0.25) is 5.91 Å². The average Bonchev–Trinajstić information content (AvgIpc) is 2.64. The highest BCUT2D eigenvalue weighted by atomic mass is 16.5. The van der Waals surface area contributed by atoms with Crippen LogP contribution in [0.2, 0.25) is 0 Å². The Morgan fingerprint density at radius 2 is 1.92 bits per heavy atom. The van der Waals surface area contributed by atoms with E-state index in [-0.39, 0.29) is 25.0 Å². The standard InChI is InChI=1S/C20H21N3O3/c1-15-6-8-19(9-7-15)26-14-20(25)22-10-11-23(16(2)24)18-5-3-4-17(12-18)13-21/h3-9,12H,10-11,14H2,1-2H3,(H,22,25). The minimum Gasteiger partial charge on any atom is -0.484 e. The summed E-state index contributed by atoms with van der Waals surface area (Å²) >= 11 is 0. The molecule has 2 amide bonds. The number of nitrogens with one attached hydrogen (secondary N) is 1. The molecule has 0 aliphatic carbocycles. The Morgan fingerprint density at radius 1 is 1.19 bits per heavy atom. The second-order valence-electron chi connectivity index (χ2n) is 5.78. The van der Waals surface area contributed by atoms with E-state index in [1.54, 1.807) is 24.3 Å². The summed E-state index contributed by atoms with van der Waals surface area (Å²) in [7, 11) is 0. The van der Waals surface area contributed by atoms with Crippen molar-refractivity contribution in [3.8, 4) is 11.8 Å². The number of nitrogens with zero attached hydrogens (tertiary/aromatic N) is 2. The summed E-state index contributed by atoms with van der Waals surface area (Å²) in [6.45, 7) is 3.92. The topological polar surface area (TPSA) is 82.4 Å². The zero-order chi connectivity index (χ0) is 18.9. The van der Waals surface area contributed by atoms with Gasteiger partial charge in [-0.05, 0) is 37.3 Å². The fourth-order valence-corrected chi connectivity index (χ4v) is 2.35. The smallest absolute Gasteiger partial charge is 0.258 e. The van der Waals surface area contributed by atoms with E-state index in [2.05, 4.69) is 5.32 Å². The molecule has 0 bridgehead atoms. The van der Waals surface area contributed by atoms with Gasteiger partial charge >= 0.3 is 0 Å². The number of nitriles is 1. The fraction of sp³-hybridized carbons (Fsp3) is 0.250. The van der Waals surface area contributed by atoms with Crippen molar-refractivity contribution in [2.45, 2.75) is 13.8 Å². The number of amides is 2. The van der Waals surface area contributed by atoms with Crippen molar-refractivity contribution < 1.29 is 14.3 Å². The second-order valence-corrected chi connectivity index (χ2v) is 5.78. The molecule has 0 aliphatic rings. The lowest BCUT2D eigenvalue weighted by molar-refractivity contribution is -0.123. The van der Waals surface area contributed by atoms with Crippen LogP contribution in [-0.2, 0) is 9.59 Å². The van der Waals surface area contributed by atoms with Crippen LogP contribution in [0.25, 0.3) is 0 Å². The van der Waals surface area contributed by atoms with Gasteiger partial charge in [-0.25, -0.2) is 0 Å². The van der Waals surface area contributed by atoms with E-state index < -0.39 is 0 Å². The third kappa shape index (κ3) is 5.64. The van der Waals surface area contributed by atoms with Crippen molar-refractivity contribution in [1.82, 2.24) is 5.32 Å². The van der Waals surface area contributed by atoms with Gasteiger partial charge in [0.1, 0.15) is 5.75 Å². The third-order valence-corrected chi connectivity index (χ3v) is 3.72. The summed E-state index contributed by atoms with van der Waals surface area (Å²) < 4.78 is 5.41. The molecule has 0 aliphatic heterocycles. The Balaban J connectivity index is 1.83. The molecule has 0 unspecified atom stereocenters. The SMILES string of the molecule is CC(=O)N(CCNC(=O)COc1ccc(C)cc1)c1cccc(C#N)c1. The van der Waals surface area contributed by atoms with Gasteiger partial charge in [-0.1, -0.05) is 23.8 Å². The predicted molar refractivity (Wildman–Crippen MR) is 98.9 cm³/mol. The molecule has 134 valence electrons. The monoisotopic (exact) mass is 351 g/mol. The molecule has 0 saturated carbocycles. The Kier molecular flexibility index (Phi) is 6.75. The Bertz CT molecular complexity index is 810. The lowest BCUT2D eigenvalue weighted by Gasteiger charge is -2.21. The Morgan fingerprint density at radius 3 is 2.58 bits per heavy atom. The zero-order valence-electron chi connectivity index (χ0n) is 14.9. The molecule has 1 N–H and O–H groups in total. The summed E-state index contributed by atoms with van der Waals surface area (Å²) in [6.07, 6.45) is 0. The van der Waals surface area contributed by atoms with Crippen LogP contribution in [0.5, 0.6) is 5.75 Å². The normalized spacial score (nSPS) is 9.88. The van der Waals surface area contributed by atoms with Gasteiger partial charge in [-0.2, -0.15) is 5.26 Å². The van der Waals surface area contributed by atoms with Crippen molar-refractivity contribution in [2.75, 3.05) is 24.6 Å². The van der Waals surface area contributed by atoms with Gasteiger partial charge in [0.05, 0.1) is 11.6 Å². The van der Waals surface area contributed by atoms with Crippen molar-refractivity contribution in [1.29, 1.82) is 5.26 Å². The van der Waals surface area contributed by atoms with Gasteiger partial charge in [-0.3, -0.25) is 9.59 Å². The van der Waals surface area contributed by atoms with Crippen molar-refractivity contribution in [3.63, 3.8) is 0 Å². The minimum absolute atomic E-state index is 0.0902. The maximum atomic E-state index is 11.9. The van der Waals surface area contributed by atoms with Crippen LogP contribution in [0.1, 0.15) is 18.1 Å². The molecule has 0 aromatic heterocycles. The van der Waals surface area contributed by atoms with E-state index in [1.165, 1.54) is 11.8 Å². The number of rotatable bonds is 7. The van der Waals surface area contributed by atoms with Gasteiger partial charge in [-0.15, -0.1) is 0 Å². The summed E-state index contributed by atoms with van der Waals surface area (Å²) in [6, 6.07) is 16.3. The molecule has 0 saturated heterocycles. The highest BCUT2D eigenvalue weighted by molar-refractivity contribution is 5.91. The molecule has 0 fully saturated rings. The molecular weight excluding hydrogens is 330 g/mol. The summed E-state index contributed by atoms with van der Waals surface area (Å²) in [5.74, 6) is 0.203. The van der Waals surface area contributed by atoms with Gasteiger partial charge in [0, 0.05) is 25.7 Å². The summed E-state index contributed by atoms with van der Waals surface area (Å²) in [4.78, 5) is 25.3. The van der Waals surface area contributed by atoms with E-state index >= 15 is 0 Å². The van der Waals surface area contributed by atoms with Crippen LogP contribution in [-0.4, -0.2) is 31.5 Å². The van der Waals surface area contributed by atoms with Crippen LogP contribution >= 0.6 is 0 Å². The van der Waals surface area contributed by atoms with Crippen LogP contribution in [0.15, 0.2) is 48.5 Å². The first-order valence-electron chi connectivity index (χ1n) is 8.24. The fourth-order valence-electron chi connectivity index (χ4n) is 2.35. The largest absolute Gasteiger partial charge is 0.484 e. The van der Waals surface area contributed by atoms with Crippen LogP contribution < -0.4 is 15.0 Å². The first kappa shape index (κ1) is 19.0. The van der Waals surface area contributed by atoms with Gasteiger partial charge < -0.3 is 15.0 Å². The van der Waals surface area contributed by atoms with Crippen LogP contribution in [0, 0.1) is 18.3 Å². The van der Waals surface area contributed by atoms with Crippen molar-refractivity contribution in [2.24, 2.45) is 0 Å². The quantitative estimate of drug-likeness (QED) is 0.830. The molecule has 0 radical (unpaired) electrons. The zero-order valence-corrected chi connectivity index (χ0v) is 14.9. The third-order valence-electron chi connectivity index (χ3n) is 3.72. The average molecular weight is 351 g/mol. The second kappa shape index (κ2) is 9.23. The molecule has 26 heavy (non-hydrogen) atoms. The highest BCUT2D eigenvalue weighted by Gasteiger charge is 2.12. The van der Waals surface area contributed by atoms with E-state index in [9.17, 15) is 9.59 Å². The number of hydrogen-bond acceptors (Lipinski definition) is 4. The van der Waals surface area contributed by atoms with E-state index in [0.29, 0.717) is 23.5 Å². The van der Waals surface area contributed by atoms with E-state index in [1.807, 2.05) is 37.3 Å². The summed E-state index contributed by atoms with van der Waals surface area (Å²) in [5.41, 5.74) is 2.22. The molecular formula is C20H21N3O3. The van der Waals surface area contributed by atoms with Gasteiger partial charge in [0.25, 0.3) is 5.91 Å². The first-order chi connectivity index (χ1) is 12.5. The molecule has 0 heterocycles. The number of benzene rings is 2. The molecule has 6 nitrogen and oxygen atoms in total. The lowest BCUT2D eigenvalue weighted by atomic mass is 10.2. The van der Waals surface area contributed by atoms with Crippen molar-refractivity contribution in [3.05, 3.63) is 59.7 Å². The minimum atomic E-state index is -0.264. The number of carbonyl (C=O) groups excluding carboxylic acids is 2. The number of aryl methyl sites for hydroxylation is 1. The van der Waals surface area contributed by atoms with Gasteiger partial charge in [0.15, 0.2) is 6.61 Å². The Hall–Kier alpha value is -3.33. The molecule has 2 aromatic carbocycles. The predicted octanol–water partition coefficient (Wildman–Crippen LogP) is 2.41. The summed E-state index contributed by atoms with van der Waals surface area (Å²) in [5, 5.41) is 11.7. The number of carbonyl (C=O) groups is 2. The molecule has 0 atom stereocenters. The van der Waals surface area contributed by atoms with E-state index in [0.717, 1.165) is 5.56 Å². The number of anilines is 1. The maximum absolute atomic E-state index is 11.9. The molecule has 2 rings (SSSR count). The maximum Gasteiger partial charge on any atom is 0.258 e. The highest BCUT2D eigenvalue weighted by Crippen LogP contribution is 2.16. The first-order valence-corrected chi connectivity index (χ1v) is 8.24.